The van der Waals surface area contributed by atoms with Crippen LogP contribution in [-0.4, -0.2) is 32.3 Å². The van der Waals surface area contributed by atoms with Crippen molar-refractivity contribution in [1.82, 2.24) is 4.72 Å². The van der Waals surface area contributed by atoms with Gasteiger partial charge in [0.25, 0.3) is 0 Å². The number of hydrogen-bond acceptors (Lipinski definition) is 5. The fraction of sp³-hybridized carbons (Fsp3) is 0.300. The van der Waals surface area contributed by atoms with Crippen LogP contribution in [0.4, 0.5) is 0 Å². The van der Waals surface area contributed by atoms with E-state index in [0.29, 0.717) is 10.0 Å². The van der Waals surface area contributed by atoms with Gasteiger partial charge in [0.15, 0.2) is 6.10 Å². The van der Waals surface area contributed by atoms with E-state index < -0.39 is 22.1 Å². The van der Waals surface area contributed by atoms with E-state index in [1.807, 2.05) is 6.92 Å². The van der Waals surface area contributed by atoms with E-state index in [4.69, 9.17) is 4.74 Å². The number of esters is 1. The summed E-state index contributed by atoms with van der Waals surface area (Å²) in [4.78, 5) is 24.9. The van der Waals surface area contributed by atoms with Gasteiger partial charge in [-0.15, -0.1) is 0 Å². The lowest BCUT2D eigenvalue weighted by Crippen LogP contribution is -2.30. The van der Waals surface area contributed by atoms with Crippen molar-refractivity contribution in [3.8, 4) is 0 Å². The molecular formula is C20H22BrNO5S. The van der Waals surface area contributed by atoms with Crippen molar-refractivity contribution in [3.63, 3.8) is 0 Å². The van der Waals surface area contributed by atoms with E-state index in [1.165, 1.54) is 25.1 Å². The summed E-state index contributed by atoms with van der Waals surface area (Å²) in [5, 5.41) is 0. The highest BCUT2D eigenvalue weighted by molar-refractivity contribution is 9.10. The molecular weight excluding hydrogens is 446 g/mol. The van der Waals surface area contributed by atoms with Crippen LogP contribution in [0.2, 0.25) is 0 Å². The summed E-state index contributed by atoms with van der Waals surface area (Å²) in [5.41, 5.74) is 1.47. The Kier molecular flexibility index (Phi) is 7.14. The summed E-state index contributed by atoms with van der Waals surface area (Å²) in [6, 6.07) is 10.7. The molecule has 6 nitrogen and oxygen atoms in total. The van der Waals surface area contributed by atoms with Gasteiger partial charge in [0.05, 0.1) is 10.5 Å². The Morgan fingerprint density at radius 1 is 1.04 bits per heavy atom. The maximum absolute atomic E-state index is 12.5. The number of halogens is 1. The molecule has 150 valence electrons. The van der Waals surface area contributed by atoms with Crippen LogP contribution < -0.4 is 4.72 Å². The fourth-order valence-electron chi connectivity index (χ4n) is 2.44. The van der Waals surface area contributed by atoms with E-state index >= 15 is 0 Å². The molecule has 0 saturated heterocycles. The van der Waals surface area contributed by atoms with Gasteiger partial charge in [-0.25, -0.2) is 17.9 Å². The molecule has 0 amide bonds. The molecule has 0 aliphatic rings. The van der Waals surface area contributed by atoms with Crippen molar-refractivity contribution in [1.29, 1.82) is 0 Å². The standard InChI is InChI=1S/C20H22BrNO5S/c1-12(2)22-28(25,26)16-9-10-18(21)17(11-16)20(24)27-14(4)19(23)15-7-5-13(3)6-8-15/h5-12,14,22H,1-4H3/t14-/m0/s1. The zero-order chi connectivity index (χ0) is 21.1. The highest BCUT2D eigenvalue weighted by atomic mass is 79.9. The van der Waals surface area contributed by atoms with Crippen molar-refractivity contribution >= 4 is 37.7 Å². The second kappa shape index (κ2) is 8.98. The minimum Gasteiger partial charge on any atom is -0.451 e. The molecule has 0 radical (unpaired) electrons. The topological polar surface area (TPSA) is 89.5 Å². The molecule has 0 saturated carbocycles. The van der Waals surface area contributed by atoms with Crippen LogP contribution in [0.5, 0.6) is 0 Å². The fourth-order valence-corrected chi connectivity index (χ4v) is 4.12. The first-order valence-electron chi connectivity index (χ1n) is 8.65. The van der Waals surface area contributed by atoms with Crippen LogP contribution >= 0.6 is 15.9 Å². The summed E-state index contributed by atoms with van der Waals surface area (Å²) in [6.07, 6.45) is -1.02. The predicted molar refractivity (Wildman–Crippen MR) is 110 cm³/mol. The Morgan fingerprint density at radius 3 is 2.21 bits per heavy atom. The summed E-state index contributed by atoms with van der Waals surface area (Å²) < 4.78 is 32.8. The molecule has 1 N–H and O–H groups in total. The van der Waals surface area contributed by atoms with Gasteiger partial charge in [0.2, 0.25) is 15.8 Å². The molecule has 0 aliphatic carbocycles. The highest BCUT2D eigenvalue weighted by Crippen LogP contribution is 2.23. The lowest BCUT2D eigenvalue weighted by atomic mass is 10.1. The van der Waals surface area contributed by atoms with Crippen molar-refractivity contribution in [3.05, 3.63) is 63.6 Å². The quantitative estimate of drug-likeness (QED) is 0.492. The Morgan fingerprint density at radius 2 is 1.64 bits per heavy atom. The van der Waals surface area contributed by atoms with Crippen molar-refractivity contribution in [2.75, 3.05) is 0 Å². The largest absolute Gasteiger partial charge is 0.451 e. The molecule has 0 heterocycles. The average molecular weight is 468 g/mol. The third-order valence-corrected chi connectivity index (χ3v) is 6.20. The third kappa shape index (κ3) is 5.50. The van der Waals surface area contributed by atoms with Crippen molar-refractivity contribution in [2.45, 2.75) is 44.7 Å². The van der Waals surface area contributed by atoms with Gasteiger partial charge in [0, 0.05) is 16.1 Å². The lowest BCUT2D eigenvalue weighted by Gasteiger charge is -2.15. The van der Waals surface area contributed by atoms with E-state index in [-0.39, 0.29) is 22.3 Å². The third-order valence-electron chi connectivity index (χ3n) is 3.85. The van der Waals surface area contributed by atoms with Gasteiger partial charge in [-0.2, -0.15) is 0 Å². The molecule has 1 atom stereocenters. The SMILES string of the molecule is Cc1ccc(C(=O)[C@H](C)OC(=O)c2cc(S(=O)(=O)NC(C)C)ccc2Br)cc1. The van der Waals surface area contributed by atoms with E-state index in [1.54, 1.807) is 38.1 Å². The number of nitrogens with one attached hydrogen (secondary N) is 1. The monoisotopic (exact) mass is 467 g/mol. The van der Waals surface area contributed by atoms with Gasteiger partial charge >= 0.3 is 5.97 Å². The summed E-state index contributed by atoms with van der Waals surface area (Å²) >= 11 is 3.23. The second-order valence-corrected chi connectivity index (χ2v) is 9.26. The van der Waals surface area contributed by atoms with Crippen LogP contribution in [0, 0.1) is 6.92 Å². The molecule has 8 heteroatoms. The van der Waals surface area contributed by atoms with Crippen LogP contribution in [0.3, 0.4) is 0 Å². The van der Waals surface area contributed by atoms with Gasteiger partial charge in [-0.1, -0.05) is 29.8 Å². The normalized spacial score (nSPS) is 12.6. The van der Waals surface area contributed by atoms with Gasteiger partial charge < -0.3 is 4.74 Å². The average Bonchev–Trinajstić information content (AvgIpc) is 2.60. The number of Topliss-reactive ketones (excluding diaryl/α,β-unsaturated/α-hetero) is 1. The van der Waals surface area contributed by atoms with Crippen LogP contribution in [-0.2, 0) is 14.8 Å². The first kappa shape index (κ1) is 22.3. The molecule has 0 unspecified atom stereocenters. The number of ketones is 1. The second-order valence-electron chi connectivity index (χ2n) is 6.70. The molecule has 0 fully saturated rings. The van der Waals surface area contributed by atoms with Gasteiger partial charge in [-0.05, 0) is 61.8 Å². The Hall–Kier alpha value is -2.03. The molecule has 2 aromatic carbocycles. The summed E-state index contributed by atoms with van der Waals surface area (Å²) in [6.45, 7) is 6.78. The highest BCUT2D eigenvalue weighted by Gasteiger charge is 2.24. The number of carbonyl (C=O) groups is 2. The molecule has 28 heavy (non-hydrogen) atoms. The number of rotatable bonds is 7. The summed E-state index contributed by atoms with van der Waals surface area (Å²) in [5.74, 6) is -1.13. The zero-order valence-electron chi connectivity index (χ0n) is 16.0. The van der Waals surface area contributed by atoms with Crippen LogP contribution in [0.25, 0.3) is 0 Å². The smallest absolute Gasteiger partial charge is 0.340 e. The van der Waals surface area contributed by atoms with Crippen molar-refractivity contribution < 1.29 is 22.7 Å². The van der Waals surface area contributed by atoms with E-state index in [2.05, 4.69) is 20.7 Å². The Labute approximate surface area is 173 Å². The first-order valence-corrected chi connectivity index (χ1v) is 10.9. The van der Waals surface area contributed by atoms with Crippen molar-refractivity contribution in [2.24, 2.45) is 0 Å². The molecule has 2 rings (SSSR count). The molecule has 0 bridgehead atoms. The lowest BCUT2D eigenvalue weighted by molar-refractivity contribution is 0.0317. The Bertz CT molecular complexity index is 984. The Balaban J connectivity index is 2.22. The number of aryl methyl sites for hydroxylation is 1. The van der Waals surface area contributed by atoms with E-state index in [9.17, 15) is 18.0 Å². The molecule has 0 spiro atoms. The van der Waals surface area contributed by atoms with Crippen LogP contribution in [0.1, 0.15) is 47.1 Å². The molecule has 0 aliphatic heterocycles. The number of benzene rings is 2. The molecule has 0 aromatic heterocycles. The number of hydrogen-bond donors (Lipinski definition) is 1. The minimum atomic E-state index is -3.77. The van der Waals surface area contributed by atoms with Gasteiger partial charge in [0.1, 0.15) is 0 Å². The van der Waals surface area contributed by atoms with E-state index in [0.717, 1.165) is 5.56 Å². The predicted octanol–water partition coefficient (Wildman–Crippen LogP) is 3.87. The number of sulfonamides is 1. The van der Waals surface area contributed by atoms with Gasteiger partial charge in [-0.3, -0.25) is 4.79 Å². The number of carbonyl (C=O) groups excluding carboxylic acids is 2. The zero-order valence-corrected chi connectivity index (χ0v) is 18.4. The van der Waals surface area contributed by atoms with Crippen LogP contribution in [0.15, 0.2) is 51.8 Å². The summed E-state index contributed by atoms with van der Waals surface area (Å²) in [7, 11) is -3.77. The first-order chi connectivity index (χ1) is 13.0. The number of ether oxygens (including phenoxy) is 1. The minimum absolute atomic E-state index is 0.0233. The molecule has 2 aromatic rings. The maximum atomic E-state index is 12.5. The maximum Gasteiger partial charge on any atom is 0.340 e.